The highest BCUT2D eigenvalue weighted by atomic mass is 16.5. The van der Waals surface area contributed by atoms with Gasteiger partial charge in [0.25, 0.3) is 0 Å². The van der Waals surface area contributed by atoms with Crippen molar-refractivity contribution < 1.29 is 14.6 Å². The first-order valence-electron chi connectivity index (χ1n) is 8.06. The lowest BCUT2D eigenvalue weighted by Gasteiger charge is -2.27. The lowest BCUT2D eigenvalue weighted by atomic mass is 9.89. The Morgan fingerprint density at radius 2 is 1.95 bits per heavy atom. The van der Waals surface area contributed by atoms with E-state index < -0.39 is 5.97 Å². The minimum Gasteiger partial charge on any atom is -0.477 e. The van der Waals surface area contributed by atoms with Gasteiger partial charge >= 0.3 is 5.97 Å². The van der Waals surface area contributed by atoms with Crippen LogP contribution in [0.4, 0.5) is 0 Å². The van der Waals surface area contributed by atoms with Gasteiger partial charge in [-0.1, -0.05) is 6.92 Å². The zero-order valence-corrected chi connectivity index (χ0v) is 12.6. The van der Waals surface area contributed by atoms with Crippen molar-refractivity contribution in [1.29, 1.82) is 0 Å². The third-order valence-electron chi connectivity index (χ3n) is 4.74. The SMILES string of the molecule is CC1CCC(Oc2nc3c(cc2C(=O)O)CCCC3)CC1. The van der Waals surface area contributed by atoms with Crippen molar-refractivity contribution in [2.24, 2.45) is 5.92 Å². The standard InChI is InChI=1S/C17H23NO3/c1-11-6-8-13(9-7-11)21-16-14(17(19)20)10-12-4-2-3-5-15(12)18-16/h10-11,13H,2-9H2,1H3,(H,19,20). The highest BCUT2D eigenvalue weighted by molar-refractivity contribution is 5.90. The number of pyridine rings is 1. The molecule has 4 heteroatoms. The molecule has 0 amide bonds. The Labute approximate surface area is 125 Å². The molecule has 1 aromatic rings. The molecule has 1 saturated carbocycles. The van der Waals surface area contributed by atoms with Crippen molar-refractivity contribution in [3.8, 4) is 5.88 Å². The number of aryl methyl sites for hydroxylation is 2. The molecule has 2 aliphatic rings. The number of hydrogen-bond acceptors (Lipinski definition) is 3. The van der Waals surface area contributed by atoms with Gasteiger partial charge in [-0.25, -0.2) is 9.78 Å². The number of nitrogens with zero attached hydrogens (tertiary/aromatic N) is 1. The van der Waals surface area contributed by atoms with Gasteiger partial charge in [0.05, 0.1) is 0 Å². The van der Waals surface area contributed by atoms with Crippen LogP contribution in [0.25, 0.3) is 0 Å². The maximum Gasteiger partial charge on any atom is 0.341 e. The Hall–Kier alpha value is -1.58. The van der Waals surface area contributed by atoms with E-state index in [1.165, 1.54) is 0 Å². The second-order valence-corrected chi connectivity index (χ2v) is 6.46. The molecule has 0 unspecified atom stereocenters. The Kier molecular flexibility index (Phi) is 4.13. The summed E-state index contributed by atoms with van der Waals surface area (Å²) in [6, 6.07) is 1.78. The molecular formula is C17H23NO3. The topological polar surface area (TPSA) is 59.4 Å². The zero-order chi connectivity index (χ0) is 14.8. The molecule has 0 aromatic carbocycles. The zero-order valence-electron chi connectivity index (χ0n) is 12.6. The van der Waals surface area contributed by atoms with E-state index in [2.05, 4.69) is 11.9 Å². The quantitative estimate of drug-likeness (QED) is 0.923. The Morgan fingerprint density at radius 3 is 2.67 bits per heavy atom. The predicted molar refractivity (Wildman–Crippen MR) is 79.9 cm³/mol. The summed E-state index contributed by atoms with van der Waals surface area (Å²) in [5.74, 6) is 0.151. The fraction of sp³-hybridized carbons (Fsp3) is 0.647. The maximum atomic E-state index is 11.5. The van der Waals surface area contributed by atoms with E-state index in [-0.39, 0.29) is 11.7 Å². The van der Waals surface area contributed by atoms with Crippen molar-refractivity contribution in [2.75, 3.05) is 0 Å². The smallest absolute Gasteiger partial charge is 0.341 e. The van der Waals surface area contributed by atoms with Crippen LogP contribution in [0.2, 0.25) is 0 Å². The van der Waals surface area contributed by atoms with Crippen LogP contribution in [0.15, 0.2) is 6.07 Å². The van der Waals surface area contributed by atoms with Gasteiger partial charge in [-0.05, 0) is 68.9 Å². The normalized spacial score (nSPS) is 25.2. The number of aromatic carboxylic acids is 1. The second-order valence-electron chi connectivity index (χ2n) is 6.46. The molecule has 0 saturated heterocycles. The number of fused-ring (bicyclic) bond motifs is 1. The van der Waals surface area contributed by atoms with E-state index in [4.69, 9.17) is 4.74 Å². The molecule has 114 valence electrons. The average molecular weight is 289 g/mol. The van der Waals surface area contributed by atoms with Gasteiger partial charge in [-0.3, -0.25) is 0 Å². The van der Waals surface area contributed by atoms with E-state index in [1.54, 1.807) is 6.07 Å². The molecule has 0 radical (unpaired) electrons. The van der Waals surface area contributed by atoms with Gasteiger partial charge in [0.2, 0.25) is 5.88 Å². The summed E-state index contributed by atoms with van der Waals surface area (Å²) in [6.07, 6.45) is 8.54. The summed E-state index contributed by atoms with van der Waals surface area (Å²) < 4.78 is 5.97. The summed E-state index contributed by atoms with van der Waals surface area (Å²) in [6.45, 7) is 2.26. The Balaban J connectivity index is 1.84. The van der Waals surface area contributed by atoms with Gasteiger partial charge in [-0.15, -0.1) is 0 Å². The molecule has 1 N–H and O–H groups in total. The van der Waals surface area contributed by atoms with E-state index >= 15 is 0 Å². The van der Waals surface area contributed by atoms with Gasteiger partial charge in [0.15, 0.2) is 0 Å². The van der Waals surface area contributed by atoms with Crippen molar-refractivity contribution in [3.63, 3.8) is 0 Å². The summed E-state index contributed by atoms with van der Waals surface area (Å²) in [7, 11) is 0. The molecule has 1 heterocycles. The van der Waals surface area contributed by atoms with Crippen LogP contribution < -0.4 is 4.74 Å². The maximum absolute atomic E-state index is 11.5. The highest BCUT2D eigenvalue weighted by Crippen LogP contribution is 2.30. The Morgan fingerprint density at radius 1 is 1.24 bits per heavy atom. The van der Waals surface area contributed by atoms with Crippen LogP contribution in [-0.4, -0.2) is 22.2 Å². The third-order valence-corrected chi connectivity index (χ3v) is 4.74. The van der Waals surface area contributed by atoms with Crippen LogP contribution >= 0.6 is 0 Å². The number of ether oxygens (including phenoxy) is 1. The van der Waals surface area contributed by atoms with Crippen LogP contribution in [-0.2, 0) is 12.8 Å². The predicted octanol–water partition coefficient (Wildman–Crippen LogP) is 3.62. The summed E-state index contributed by atoms with van der Waals surface area (Å²) in [5.41, 5.74) is 2.35. The highest BCUT2D eigenvalue weighted by Gasteiger charge is 2.24. The first kappa shape index (κ1) is 14.4. The van der Waals surface area contributed by atoms with Gasteiger partial charge in [0, 0.05) is 5.69 Å². The van der Waals surface area contributed by atoms with Crippen LogP contribution in [0, 0.1) is 5.92 Å². The van der Waals surface area contributed by atoms with Gasteiger partial charge in [-0.2, -0.15) is 0 Å². The lowest BCUT2D eigenvalue weighted by Crippen LogP contribution is -2.25. The number of aromatic nitrogens is 1. The van der Waals surface area contributed by atoms with Crippen molar-refractivity contribution >= 4 is 5.97 Å². The molecule has 21 heavy (non-hydrogen) atoms. The second kappa shape index (κ2) is 6.04. The average Bonchev–Trinajstić information content (AvgIpc) is 2.48. The van der Waals surface area contributed by atoms with E-state index in [0.717, 1.165) is 68.5 Å². The largest absolute Gasteiger partial charge is 0.477 e. The van der Waals surface area contributed by atoms with Gasteiger partial charge < -0.3 is 9.84 Å². The fourth-order valence-corrected chi connectivity index (χ4v) is 3.36. The molecular weight excluding hydrogens is 266 g/mol. The molecule has 1 aromatic heterocycles. The number of carbonyl (C=O) groups is 1. The van der Waals surface area contributed by atoms with Gasteiger partial charge in [0.1, 0.15) is 11.7 Å². The molecule has 1 fully saturated rings. The summed E-state index contributed by atoms with van der Waals surface area (Å²) in [5, 5.41) is 9.42. The molecule has 3 rings (SSSR count). The minimum atomic E-state index is -0.935. The Bertz CT molecular complexity index is 533. The summed E-state index contributed by atoms with van der Waals surface area (Å²) in [4.78, 5) is 16.0. The van der Waals surface area contributed by atoms with Crippen LogP contribution in [0.5, 0.6) is 5.88 Å². The van der Waals surface area contributed by atoms with Crippen molar-refractivity contribution in [2.45, 2.75) is 64.4 Å². The lowest BCUT2D eigenvalue weighted by molar-refractivity contribution is 0.0680. The van der Waals surface area contributed by atoms with E-state index in [0.29, 0.717) is 5.88 Å². The molecule has 0 aliphatic heterocycles. The number of hydrogen-bond donors (Lipinski definition) is 1. The number of carboxylic acids is 1. The molecule has 0 atom stereocenters. The van der Waals surface area contributed by atoms with Crippen molar-refractivity contribution in [3.05, 3.63) is 22.9 Å². The number of rotatable bonds is 3. The molecule has 2 aliphatic carbocycles. The molecule has 4 nitrogen and oxygen atoms in total. The summed E-state index contributed by atoms with van der Waals surface area (Å²) >= 11 is 0. The van der Waals surface area contributed by atoms with Crippen LogP contribution in [0.3, 0.4) is 0 Å². The monoisotopic (exact) mass is 289 g/mol. The first-order valence-corrected chi connectivity index (χ1v) is 8.06. The van der Waals surface area contributed by atoms with Crippen molar-refractivity contribution in [1.82, 2.24) is 4.98 Å². The molecule has 0 bridgehead atoms. The first-order chi connectivity index (χ1) is 10.1. The van der Waals surface area contributed by atoms with E-state index in [9.17, 15) is 9.90 Å². The minimum absolute atomic E-state index is 0.119. The number of carboxylic acid groups (broad SMARTS) is 1. The van der Waals surface area contributed by atoms with E-state index in [1.807, 2.05) is 0 Å². The van der Waals surface area contributed by atoms with Crippen LogP contribution in [0.1, 0.15) is 67.1 Å². The molecule has 0 spiro atoms. The fourth-order valence-electron chi connectivity index (χ4n) is 3.36. The third kappa shape index (κ3) is 3.20.